The highest BCUT2D eigenvalue weighted by Crippen LogP contribution is 2.45. The highest BCUT2D eigenvalue weighted by molar-refractivity contribution is 5.77. The highest BCUT2D eigenvalue weighted by Gasteiger charge is 2.46. The van der Waals surface area contributed by atoms with Crippen LogP contribution in [0.5, 0.6) is 0 Å². The van der Waals surface area contributed by atoms with Crippen molar-refractivity contribution in [3.05, 3.63) is 0 Å². The Morgan fingerprint density at radius 3 is 0.733 bits per heavy atom. The lowest BCUT2D eigenvalue weighted by Crippen LogP contribution is -2.45. The van der Waals surface area contributed by atoms with E-state index in [2.05, 4.69) is 90.0 Å². The predicted octanol–water partition coefficient (Wildman–Crippen LogP) is 27.1. The maximum Gasteiger partial charge on any atom is 0.312 e. The molecule has 0 N–H and O–H groups in total. The molecule has 0 aromatic rings. The molecule has 0 aliphatic heterocycles. The van der Waals surface area contributed by atoms with Crippen LogP contribution in [0.4, 0.5) is 0 Å². The molecule has 6 aliphatic carbocycles. The summed E-state index contributed by atoms with van der Waals surface area (Å²) in [5, 5.41) is 0. The van der Waals surface area contributed by atoms with Crippen LogP contribution in [0.3, 0.4) is 0 Å². The smallest absolute Gasteiger partial charge is 0.312 e. The van der Waals surface area contributed by atoms with Crippen LogP contribution < -0.4 is 0 Å². The van der Waals surface area contributed by atoms with E-state index in [0.717, 1.165) is 77.0 Å². The van der Waals surface area contributed by atoms with E-state index in [9.17, 15) is 28.8 Å². The lowest BCUT2D eigenvalue weighted by molar-refractivity contribution is -0.180. The summed E-state index contributed by atoms with van der Waals surface area (Å²) >= 11 is 0. The first-order valence-corrected chi connectivity index (χ1v) is 44.5. The van der Waals surface area contributed by atoms with Crippen LogP contribution in [-0.2, 0) is 57.2 Å². The van der Waals surface area contributed by atoms with Crippen molar-refractivity contribution in [3.8, 4) is 0 Å². The van der Waals surface area contributed by atoms with Crippen molar-refractivity contribution in [2.45, 2.75) is 490 Å². The normalized spacial score (nSPS) is 20.3. The van der Waals surface area contributed by atoms with Gasteiger partial charge in [-0.3, -0.25) is 28.8 Å². The Hall–Kier alpha value is -3.18. The average Bonchev–Trinajstić information content (AvgIpc) is 0.843. The first-order valence-electron chi connectivity index (χ1n) is 44.5. The maximum absolute atomic E-state index is 12.4. The molecule has 0 amide bonds. The minimum Gasteiger partial charge on any atom is -0.459 e. The van der Waals surface area contributed by atoms with Crippen LogP contribution in [0.15, 0.2) is 0 Å². The molecular formula is C93H174O12. The third-order valence-corrected chi connectivity index (χ3v) is 27.9. The zero-order valence-corrected chi connectivity index (χ0v) is 74.3. The molecule has 5 unspecified atom stereocenters. The monoisotopic (exact) mass is 1480 g/mol. The van der Waals surface area contributed by atoms with Gasteiger partial charge < -0.3 is 28.4 Å². The summed E-state index contributed by atoms with van der Waals surface area (Å²) in [7, 11) is 0. The van der Waals surface area contributed by atoms with Crippen LogP contribution in [0.2, 0.25) is 0 Å². The quantitative estimate of drug-likeness (QED) is 0.0496. The number of hydrogen-bond acceptors (Lipinski definition) is 12. The highest BCUT2D eigenvalue weighted by atomic mass is 16.6. The van der Waals surface area contributed by atoms with E-state index in [4.69, 9.17) is 28.4 Å². The summed E-state index contributed by atoms with van der Waals surface area (Å²) in [5.41, 5.74) is -2.55. The van der Waals surface area contributed by atoms with Crippen molar-refractivity contribution in [2.75, 3.05) is 0 Å². The molecule has 0 radical (unpaired) electrons. The second-order valence-electron chi connectivity index (χ2n) is 37.2. The lowest BCUT2D eigenvalue weighted by Gasteiger charge is -2.42. The van der Waals surface area contributed by atoms with Gasteiger partial charge >= 0.3 is 35.8 Å². The Morgan fingerprint density at radius 1 is 0.248 bits per heavy atom. The topological polar surface area (TPSA) is 158 Å². The standard InChI is InChI=1S/C17H32O2.2C16H30O2.2C15H28O2.C14H26O2/c1-6-16(4,5)15(18)19-17(7-2,8-3)14-12-10-9-11-13-14;1-6-15(3,4)14(17)18-16(5,7-2)13-11-9-8-10-12-13;1-5-13(4)15(17)18-16(6-2,7-3)14-11-9-8-10-12-14;1-6-14(2,3)13(16)17-15(4,5)12-10-8-7-9-11-12;1-5-12(3)14(16)17-15(4,6-2)13-10-8-7-9-11-13;1-5-11(2)13(15)16-14(3,4)12-9-7-6-8-10-12/h14H,6-13H2,1-5H3;13H,6-12H2,1-5H3;13-14H,5-12H2,1-4H3;12H,6-11H2,1-5H3;12-13H,5-11H2,1-4H3;11-12H,5-10H2,1-4H3. The third kappa shape index (κ3) is 32.6. The first-order chi connectivity index (χ1) is 49.2. The molecule has 6 aliphatic rings. The molecule has 0 heterocycles. The Kier molecular flexibility index (Phi) is 46.2. The molecule has 5 atom stereocenters. The zero-order chi connectivity index (χ0) is 80.1. The summed E-state index contributed by atoms with van der Waals surface area (Å²) in [4.78, 5) is 72.8. The first kappa shape index (κ1) is 99.8. The molecule has 105 heavy (non-hydrogen) atoms. The number of carbonyl (C=O) groups excluding carboxylic acids is 6. The molecular weight excluding hydrogens is 1310 g/mol. The Balaban J connectivity index is 0.000000630. The molecule has 12 nitrogen and oxygen atoms in total. The van der Waals surface area contributed by atoms with Gasteiger partial charge in [-0.05, 0) is 273 Å². The van der Waals surface area contributed by atoms with Crippen molar-refractivity contribution in [1.82, 2.24) is 0 Å². The molecule has 6 rings (SSSR count). The number of carbonyl (C=O) groups is 6. The maximum atomic E-state index is 12.4. The van der Waals surface area contributed by atoms with Crippen LogP contribution in [0.1, 0.15) is 457 Å². The fourth-order valence-electron chi connectivity index (χ4n) is 16.4. The summed E-state index contributed by atoms with van der Waals surface area (Å²) in [6, 6.07) is 0. The van der Waals surface area contributed by atoms with Gasteiger partial charge in [0.05, 0.1) is 34.0 Å². The molecule has 6 fully saturated rings. The number of ether oxygens (including phenoxy) is 6. The number of hydrogen-bond donors (Lipinski definition) is 0. The minimum absolute atomic E-state index is 0.00627. The fraction of sp³-hybridized carbons (Fsp3) is 0.935. The predicted molar refractivity (Wildman–Crippen MR) is 439 cm³/mol. The van der Waals surface area contributed by atoms with Crippen molar-refractivity contribution in [1.29, 1.82) is 0 Å². The van der Waals surface area contributed by atoms with Gasteiger partial charge in [-0.1, -0.05) is 219 Å². The fourth-order valence-corrected chi connectivity index (χ4v) is 16.4. The second kappa shape index (κ2) is 48.6. The van der Waals surface area contributed by atoms with E-state index in [1.54, 1.807) is 0 Å². The Labute approximate surface area is 649 Å². The zero-order valence-electron chi connectivity index (χ0n) is 74.3. The van der Waals surface area contributed by atoms with Gasteiger partial charge in [-0.25, -0.2) is 0 Å². The van der Waals surface area contributed by atoms with Crippen molar-refractivity contribution in [2.24, 2.45) is 69.5 Å². The summed E-state index contributed by atoms with van der Waals surface area (Å²) in [6.45, 7) is 55.5. The van der Waals surface area contributed by atoms with E-state index >= 15 is 0 Å². The van der Waals surface area contributed by atoms with E-state index in [1.165, 1.54) is 193 Å². The summed E-state index contributed by atoms with van der Waals surface area (Å²) < 4.78 is 35.4. The molecule has 0 saturated heterocycles. The average molecular weight is 1480 g/mol. The summed E-state index contributed by atoms with van der Waals surface area (Å²) in [5.74, 6) is 3.32. The lowest BCUT2D eigenvalue weighted by atomic mass is 9.73. The Morgan fingerprint density at radius 2 is 0.467 bits per heavy atom. The van der Waals surface area contributed by atoms with Crippen LogP contribution in [0, 0.1) is 69.5 Å². The van der Waals surface area contributed by atoms with E-state index in [1.807, 2.05) is 96.9 Å². The number of esters is 6. The van der Waals surface area contributed by atoms with Gasteiger partial charge in [0.15, 0.2) is 0 Å². The van der Waals surface area contributed by atoms with E-state index < -0.39 is 0 Å². The summed E-state index contributed by atoms with van der Waals surface area (Å²) in [6.07, 6.45) is 48.8. The Bertz CT molecular complexity index is 2390. The van der Waals surface area contributed by atoms with Gasteiger partial charge in [0, 0.05) is 0 Å². The molecule has 0 aromatic heterocycles. The SMILES string of the molecule is CCC(C)(C)C(=O)OC(C)(C)C1CCCCC1.CCC(C)(C)C(=O)OC(C)(CC)C1CCCCC1.CCC(C)(C)C(=O)OC(CC)(CC)C1CCCCC1.CCC(C)C(=O)OC(C)(C)C1CCCCC1.CCC(C)C(=O)OC(C)(CC)C1CCCCC1.CCC(C)C(=O)OC(CC)(CC)C1CCCCC1. The minimum atomic E-state index is -0.357. The molecule has 618 valence electrons. The van der Waals surface area contributed by atoms with Gasteiger partial charge in [0.1, 0.15) is 33.6 Å². The van der Waals surface area contributed by atoms with Crippen LogP contribution >= 0.6 is 0 Å². The van der Waals surface area contributed by atoms with E-state index in [-0.39, 0.29) is 103 Å². The van der Waals surface area contributed by atoms with Crippen molar-refractivity contribution in [3.63, 3.8) is 0 Å². The molecule has 0 spiro atoms. The third-order valence-electron chi connectivity index (χ3n) is 27.9. The molecule has 6 saturated carbocycles. The van der Waals surface area contributed by atoms with Crippen LogP contribution in [0.25, 0.3) is 0 Å². The molecule has 0 aromatic carbocycles. The molecule has 0 bridgehead atoms. The van der Waals surface area contributed by atoms with Gasteiger partial charge in [0.25, 0.3) is 0 Å². The second-order valence-corrected chi connectivity index (χ2v) is 37.2. The largest absolute Gasteiger partial charge is 0.459 e. The molecule has 12 heteroatoms. The van der Waals surface area contributed by atoms with Gasteiger partial charge in [-0.15, -0.1) is 0 Å². The van der Waals surface area contributed by atoms with E-state index in [0.29, 0.717) is 35.5 Å². The number of rotatable bonds is 30. The van der Waals surface area contributed by atoms with Gasteiger partial charge in [-0.2, -0.15) is 0 Å². The van der Waals surface area contributed by atoms with Crippen molar-refractivity contribution >= 4 is 35.8 Å². The van der Waals surface area contributed by atoms with Crippen LogP contribution in [-0.4, -0.2) is 69.4 Å². The van der Waals surface area contributed by atoms with Crippen molar-refractivity contribution < 1.29 is 57.2 Å². The van der Waals surface area contributed by atoms with Gasteiger partial charge in [0.2, 0.25) is 0 Å².